The first kappa shape index (κ1) is 32.4. The first-order valence-corrected chi connectivity index (χ1v) is 13.8. The van der Waals surface area contributed by atoms with Gasteiger partial charge in [0, 0.05) is 37.3 Å². The number of amides is 1. The van der Waals surface area contributed by atoms with Crippen LogP contribution in [0, 0.1) is 5.92 Å². The van der Waals surface area contributed by atoms with Crippen molar-refractivity contribution >= 4 is 23.4 Å². The van der Waals surface area contributed by atoms with Crippen LogP contribution in [0.25, 0.3) is 0 Å². The van der Waals surface area contributed by atoms with E-state index in [-0.39, 0.29) is 17.7 Å². The standard InChI is InChI=1S/C29H41N5O8/c1-18(2)13-22(28(35)36)33-30-17-21-9-7-8-12-34(21)29(37)42-24-14-19(10-11-23(24)38-3)31-32-20-15-25(39-4)27(41-6)26(16-20)40-5/h10-11,14-16,18,21-22,30,33H,7-9,12-13,17H2,1-6H3,(H,35,36)/t21?,22-/m0/s1. The number of carboxylic acid groups (broad SMARTS) is 1. The Hall–Kier alpha value is -4.10. The highest BCUT2D eigenvalue weighted by atomic mass is 16.6. The van der Waals surface area contributed by atoms with Crippen molar-refractivity contribution in [2.24, 2.45) is 16.1 Å². The number of likely N-dealkylation sites (tertiary alicyclic amines) is 1. The van der Waals surface area contributed by atoms with Crippen LogP contribution in [-0.2, 0) is 4.79 Å². The van der Waals surface area contributed by atoms with E-state index < -0.39 is 18.1 Å². The van der Waals surface area contributed by atoms with Gasteiger partial charge in [-0.25, -0.2) is 10.2 Å². The average Bonchev–Trinajstić information content (AvgIpc) is 2.98. The van der Waals surface area contributed by atoms with Crippen molar-refractivity contribution in [1.29, 1.82) is 0 Å². The Balaban J connectivity index is 1.73. The molecule has 0 saturated carbocycles. The van der Waals surface area contributed by atoms with Crippen LogP contribution in [-0.4, -0.2) is 75.7 Å². The minimum Gasteiger partial charge on any atom is -0.493 e. The lowest BCUT2D eigenvalue weighted by Gasteiger charge is -2.35. The number of carboxylic acids is 1. The molecule has 42 heavy (non-hydrogen) atoms. The molecule has 0 radical (unpaired) electrons. The number of carbonyl (C=O) groups is 2. The predicted octanol–water partition coefficient (Wildman–Crippen LogP) is 5.08. The average molecular weight is 588 g/mol. The van der Waals surface area contributed by atoms with Gasteiger partial charge in [0.1, 0.15) is 6.04 Å². The van der Waals surface area contributed by atoms with E-state index in [0.29, 0.717) is 53.9 Å². The van der Waals surface area contributed by atoms with E-state index in [1.807, 2.05) is 13.8 Å². The molecule has 0 spiro atoms. The Bertz CT molecular complexity index is 1210. The summed E-state index contributed by atoms with van der Waals surface area (Å²) in [6, 6.07) is 7.32. The Labute approximate surface area is 246 Å². The highest BCUT2D eigenvalue weighted by Gasteiger charge is 2.29. The zero-order valence-corrected chi connectivity index (χ0v) is 25.0. The Kier molecular flexibility index (Phi) is 12.2. The van der Waals surface area contributed by atoms with E-state index in [1.165, 1.54) is 28.4 Å². The number of nitrogens with one attached hydrogen (secondary N) is 2. The largest absolute Gasteiger partial charge is 0.493 e. The first-order chi connectivity index (χ1) is 20.2. The van der Waals surface area contributed by atoms with Crippen LogP contribution in [0.4, 0.5) is 16.2 Å². The number of hydrogen-bond donors (Lipinski definition) is 3. The molecule has 1 heterocycles. The molecule has 3 rings (SSSR count). The van der Waals surface area contributed by atoms with Gasteiger partial charge in [-0.05, 0) is 43.7 Å². The number of aliphatic carboxylic acids is 1. The molecule has 0 bridgehead atoms. The van der Waals surface area contributed by atoms with E-state index >= 15 is 0 Å². The fourth-order valence-electron chi connectivity index (χ4n) is 4.65. The van der Waals surface area contributed by atoms with Gasteiger partial charge >= 0.3 is 12.1 Å². The second kappa shape index (κ2) is 15.8. The fraction of sp³-hybridized carbons (Fsp3) is 0.517. The van der Waals surface area contributed by atoms with E-state index in [1.54, 1.807) is 35.2 Å². The van der Waals surface area contributed by atoms with Gasteiger partial charge in [-0.15, -0.1) is 0 Å². The summed E-state index contributed by atoms with van der Waals surface area (Å²) in [6.07, 6.45) is 2.49. The summed E-state index contributed by atoms with van der Waals surface area (Å²) in [7, 11) is 6.03. The predicted molar refractivity (Wildman–Crippen MR) is 156 cm³/mol. The van der Waals surface area contributed by atoms with Gasteiger partial charge in [0.15, 0.2) is 23.0 Å². The molecule has 13 heteroatoms. The molecule has 1 unspecified atom stereocenters. The van der Waals surface area contributed by atoms with E-state index in [9.17, 15) is 14.7 Å². The maximum absolute atomic E-state index is 13.3. The number of hydrazine groups is 1. The number of piperidine rings is 1. The number of rotatable bonds is 14. The van der Waals surface area contributed by atoms with Crippen molar-refractivity contribution in [3.8, 4) is 28.7 Å². The normalized spacial score (nSPS) is 15.9. The van der Waals surface area contributed by atoms with E-state index in [0.717, 1.165) is 19.3 Å². The molecule has 1 aliphatic heterocycles. The number of benzene rings is 2. The number of nitrogens with zero attached hydrogens (tertiary/aromatic N) is 3. The summed E-state index contributed by atoms with van der Waals surface area (Å²) >= 11 is 0. The third-order valence-electron chi connectivity index (χ3n) is 6.76. The number of azo groups is 1. The summed E-state index contributed by atoms with van der Waals surface area (Å²) in [4.78, 5) is 26.5. The van der Waals surface area contributed by atoms with Crippen molar-refractivity contribution in [2.45, 2.75) is 51.6 Å². The van der Waals surface area contributed by atoms with Crippen molar-refractivity contribution in [3.05, 3.63) is 30.3 Å². The summed E-state index contributed by atoms with van der Waals surface area (Å²) in [5.74, 6) is 1.17. The lowest BCUT2D eigenvalue weighted by atomic mass is 10.0. The zero-order valence-electron chi connectivity index (χ0n) is 25.0. The van der Waals surface area contributed by atoms with E-state index in [4.69, 9.17) is 23.7 Å². The smallest absolute Gasteiger partial charge is 0.415 e. The lowest BCUT2D eigenvalue weighted by Crippen LogP contribution is -2.54. The van der Waals surface area contributed by atoms with Crippen molar-refractivity contribution in [2.75, 3.05) is 41.5 Å². The molecule has 1 fully saturated rings. The third kappa shape index (κ3) is 8.70. The quantitative estimate of drug-likeness (QED) is 0.201. The molecular weight excluding hydrogens is 546 g/mol. The second-order valence-corrected chi connectivity index (χ2v) is 10.2. The molecule has 2 atom stereocenters. The van der Waals surface area contributed by atoms with Crippen LogP contribution in [0.5, 0.6) is 28.7 Å². The molecule has 2 aromatic carbocycles. The lowest BCUT2D eigenvalue weighted by molar-refractivity contribution is -0.140. The summed E-state index contributed by atoms with van der Waals surface area (Å²) in [6.45, 7) is 4.82. The van der Waals surface area contributed by atoms with Crippen molar-refractivity contribution < 1.29 is 38.4 Å². The minimum absolute atomic E-state index is 0.179. The highest BCUT2D eigenvalue weighted by molar-refractivity contribution is 5.73. The second-order valence-electron chi connectivity index (χ2n) is 10.2. The molecule has 0 aliphatic carbocycles. The Morgan fingerprint density at radius 1 is 0.929 bits per heavy atom. The minimum atomic E-state index is -0.925. The zero-order chi connectivity index (χ0) is 30.6. The van der Waals surface area contributed by atoms with Gasteiger partial charge in [0.2, 0.25) is 5.75 Å². The van der Waals surface area contributed by atoms with Gasteiger partial charge < -0.3 is 33.7 Å². The number of carbonyl (C=O) groups excluding carboxylic acids is 1. The van der Waals surface area contributed by atoms with Crippen molar-refractivity contribution in [3.63, 3.8) is 0 Å². The van der Waals surface area contributed by atoms with Crippen LogP contribution >= 0.6 is 0 Å². The maximum atomic E-state index is 13.3. The Morgan fingerprint density at radius 2 is 1.57 bits per heavy atom. The molecule has 1 saturated heterocycles. The molecule has 2 aromatic rings. The third-order valence-corrected chi connectivity index (χ3v) is 6.76. The topological polar surface area (TPSA) is 153 Å². The van der Waals surface area contributed by atoms with Crippen LogP contribution in [0.2, 0.25) is 0 Å². The SMILES string of the molecule is COc1ccc(N=Nc2cc(OC)c(OC)c(OC)c2)cc1OC(=O)N1CCCCC1CNN[C@@H](CC(C)C)C(=O)O. The first-order valence-electron chi connectivity index (χ1n) is 13.8. The van der Waals surface area contributed by atoms with Crippen LogP contribution in [0.3, 0.4) is 0 Å². The number of hydrogen-bond acceptors (Lipinski definition) is 11. The number of ether oxygens (including phenoxy) is 5. The summed E-state index contributed by atoms with van der Waals surface area (Å²) in [5.41, 5.74) is 6.80. The number of methoxy groups -OCH3 is 4. The Morgan fingerprint density at radius 3 is 2.17 bits per heavy atom. The highest BCUT2D eigenvalue weighted by Crippen LogP contribution is 2.41. The fourth-order valence-corrected chi connectivity index (χ4v) is 4.65. The van der Waals surface area contributed by atoms with Gasteiger partial charge in [-0.2, -0.15) is 10.2 Å². The molecular formula is C29H41N5O8. The molecule has 230 valence electrons. The molecule has 1 amide bonds. The van der Waals surface area contributed by atoms with Crippen LogP contribution in [0.15, 0.2) is 40.6 Å². The van der Waals surface area contributed by atoms with Gasteiger partial charge in [0.25, 0.3) is 0 Å². The van der Waals surface area contributed by atoms with E-state index in [2.05, 4.69) is 21.1 Å². The maximum Gasteiger partial charge on any atom is 0.415 e. The monoisotopic (exact) mass is 587 g/mol. The van der Waals surface area contributed by atoms with Crippen LogP contribution < -0.4 is 34.5 Å². The molecule has 0 aromatic heterocycles. The summed E-state index contributed by atoms with van der Waals surface area (Å²) < 4.78 is 27.3. The van der Waals surface area contributed by atoms with Crippen molar-refractivity contribution in [1.82, 2.24) is 15.8 Å². The molecule has 13 nitrogen and oxygen atoms in total. The van der Waals surface area contributed by atoms with Crippen LogP contribution in [0.1, 0.15) is 39.5 Å². The molecule has 3 N–H and O–H groups in total. The molecule has 1 aliphatic rings. The van der Waals surface area contributed by atoms with Gasteiger partial charge in [-0.3, -0.25) is 10.2 Å². The van der Waals surface area contributed by atoms with Gasteiger partial charge in [0.05, 0.1) is 39.8 Å². The summed E-state index contributed by atoms with van der Waals surface area (Å²) in [5, 5.41) is 18.1. The van der Waals surface area contributed by atoms with Gasteiger partial charge in [-0.1, -0.05) is 13.8 Å².